The minimum atomic E-state index is -0.716. The van der Waals surface area contributed by atoms with Gasteiger partial charge in [-0.2, -0.15) is 0 Å². The molecule has 144 valence electrons. The van der Waals surface area contributed by atoms with E-state index in [0.717, 1.165) is 11.0 Å². The van der Waals surface area contributed by atoms with E-state index in [0.29, 0.717) is 23.2 Å². The molecule has 10 nitrogen and oxygen atoms in total. The van der Waals surface area contributed by atoms with E-state index in [2.05, 4.69) is 5.32 Å². The van der Waals surface area contributed by atoms with E-state index < -0.39 is 34.4 Å². The number of furan rings is 1. The van der Waals surface area contributed by atoms with Crippen molar-refractivity contribution in [2.24, 2.45) is 0 Å². The Kier molecular flexibility index (Phi) is 5.45. The third-order valence-electron chi connectivity index (χ3n) is 3.61. The Morgan fingerprint density at radius 1 is 1.29 bits per heavy atom. The Morgan fingerprint density at radius 3 is 2.61 bits per heavy atom. The molecule has 1 aromatic heterocycles. The van der Waals surface area contributed by atoms with Crippen molar-refractivity contribution in [3.8, 4) is 5.75 Å². The molecule has 1 aromatic carbocycles. The van der Waals surface area contributed by atoms with Crippen molar-refractivity contribution < 1.29 is 28.5 Å². The number of rotatable bonds is 6. The first-order chi connectivity index (χ1) is 13.4. The number of ether oxygens (including phenoxy) is 1. The highest BCUT2D eigenvalue weighted by Gasteiger charge is 2.36. The van der Waals surface area contributed by atoms with Crippen molar-refractivity contribution in [2.45, 2.75) is 0 Å². The van der Waals surface area contributed by atoms with Gasteiger partial charge in [-0.25, -0.2) is 0 Å². The zero-order valence-electron chi connectivity index (χ0n) is 14.4. The molecule has 0 spiro atoms. The molecular formula is C17H13N3O7S. The Bertz CT molecular complexity index is 981. The zero-order valence-corrected chi connectivity index (χ0v) is 15.2. The molecule has 0 aliphatic carbocycles. The summed E-state index contributed by atoms with van der Waals surface area (Å²) in [6, 6.07) is 8.99. The van der Waals surface area contributed by atoms with E-state index >= 15 is 0 Å². The van der Waals surface area contributed by atoms with Crippen LogP contribution in [0, 0.1) is 10.1 Å². The zero-order chi connectivity index (χ0) is 20.3. The van der Waals surface area contributed by atoms with Crippen LogP contribution in [0.25, 0.3) is 6.08 Å². The van der Waals surface area contributed by atoms with Crippen LogP contribution in [-0.2, 0) is 9.59 Å². The maximum Gasteiger partial charge on any atom is 0.433 e. The number of amides is 3. The molecule has 0 saturated carbocycles. The fraction of sp³-hybridized carbons (Fsp3) is 0.118. The summed E-state index contributed by atoms with van der Waals surface area (Å²) in [5, 5.41) is 12.6. The van der Waals surface area contributed by atoms with Gasteiger partial charge in [0.1, 0.15) is 23.0 Å². The molecule has 2 aromatic rings. The molecule has 0 atom stereocenters. The van der Waals surface area contributed by atoms with Crippen LogP contribution in [0.5, 0.6) is 5.75 Å². The summed E-state index contributed by atoms with van der Waals surface area (Å²) in [4.78, 5) is 47.3. The number of methoxy groups -OCH3 is 1. The van der Waals surface area contributed by atoms with Crippen molar-refractivity contribution in [3.05, 3.63) is 57.2 Å². The topological polar surface area (TPSA) is 132 Å². The van der Waals surface area contributed by atoms with E-state index in [4.69, 9.17) is 9.15 Å². The predicted molar refractivity (Wildman–Crippen MR) is 99.7 cm³/mol. The van der Waals surface area contributed by atoms with Gasteiger partial charge in [0, 0.05) is 11.8 Å². The molecule has 2 heterocycles. The Morgan fingerprint density at radius 2 is 2.00 bits per heavy atom. The van der Waals surface area contributed by atoms with Crippen molar-refractivity contribution in [2.75, 3.05) is 19.0 Å². The van der Waals surface area contributed by atoms with E-state index in [1.165, 1.54) is 19.3 Å². The highest BCUT2D eigenvalue weighted by Crippen LogP contribution is 2.33. The summed E-state index contributed by atoms with van der Waals surface area (Å²) in [5.74, 6) is -1.04. The Hall–Kier alpha value is -3.60. The van der Waals surface area contributed by atoms with Gasteiger partial charge in [-0.15, -0.1) is 0 Å². The van der Waals surface area contributed by atoms with Crippen LogP contribution in [0.3, 0.4) is 0 Å². The standard InChI is InChI=1S/C17H13N3O7S/c1-26-11-4-2-10(3-5-11)18-14(21)9-19-16(22)13(28-17(19)23)8-12-6-7-15(27-12)20(24)25/h2-8H,9H2,1H3,(H,18,21)/b13-8+. The van der Waals surface area contributed by atoms with Crippen molar-refractivity contribution in [3.63, 3.8) is 0 Å². The average molecular weight is 403 g/mol. The number of hydrogen-bond acceptors (Lipinski definition) is 8. The molecule has 0 radical (unpaired) electrons. The second kappa shape index (κ2) is 7.96. The maximum absolute atomic E-state index is 12.4. The number of thioether (sulfide) groups is 1. The first-order valence-electron chi connectivity index (χ1n) is 7.81. The van der Waals surface area contributed by atoms with Gasteiger partial charge >= 0.3 is 5.88 Å². The number of imide groups is 1. The van der Waals surface area contributed by atoms with E-state index in [1.807, 2.05) is 0 Å². The number of carbonyl (C=O) groups is 3. The van der Waals surface area contributed by atoms with Crippen LogP contribution in [-0.4, -0.2) is 40.5 Å². The maximum atomic E-state index is 12.4. The first kappa shape index (κ1) is 19.2. The minimum absolute atomic E-state index is 0.00601. The first-order valence-corrected chi connectivity index (χ1v) is 8.62. The average Bonchev–Trinajstić information content (AvgIpc) is 3.23. The molecule has 0 unspecified atom stereocenters. The third-order valence-corrected chi connectivity index (χ3v) is 4.52. The fourth-order valence-corrected chi connectivity index (χ4v) is 3.12. The van der Waals surface area contributed by atoms with Gasteiger partial charge in [0.15, 0.2) is 0 Å². The minimum Gasteiger partial charge on any atom is -0.497 e. The Balaban J connectivity index is 1.66. The van der Waals surface area contributed by atoms with E-state index in [9.17, 15) is 24.5 Å². The lowest BCUT2D eigenvalue weighted by Gasteiger charge is -2.12. The van der Waals surface area contributed by atoms with Crippen LogP contribution in [0.1, 0.15) is 5.76 Å². The quantitative estimate of drug-likeness (QED) is 0.442. The summed E-state index contributed by atoms with van der Waals surface area (Å²) in [6.45, 7) is -0.466. The van der Waals surface area contributed by atoms with Gasteiger partial charge in [-0.05, 0) is 42.1 Å². The monoisotopic (exact) mass is 403 g/mol. The van der Waals surface area contributed by atoms with Gasteiger partial charge in [-0.3, -0.25) is 29.4 Å². The number of anilines is 1. The largest absolute Gasteiger partial charge is 0.497 e. The van der Waals surface area contributed by atoms with Crippen LogP contribution >= 0.6 is 11.8 Å². The molecule has 1 aliphatic rings. The lowest BCUT2D eigenvalue weighted by Crippen LogP contribution is -2.36. The molecule has 11 heteroatoms. The van der Waals surface area contributed by atoms with Gasteiger partial charge in [0.05, 0.1) is 18.1 Å². The number of hydrogen-bond donors (Lipinski definition) is 1. The van der Waals surface area contributed by atoms with Crippen molar-refractivity contribution in [1.29, 1.82) is 0 Å². The van der Waals surface area contributed by atoms with Gasteiger partial charge < -0.3 is 14.5 Å². The van der Waals surface area contributed by atoms with Crippen molar-refractivity contribution in [1.82, 2.24) is 4.90 Å². The molecule has 0 bridgehead atoms. The fourth-order valence-electron chi connectivity index (χ4n) is 2.30. The van der Waals surface area contributed by atoms with Crippen LogP contribution in [0.2, 0.25) is 0 Å². The smallest absolute Gasteiger partial charge is 0.433 e. The normalized spacial score (nSPS) is 15.2. The second-order valence-electron chi connectivity index (χ2n) is 5.48. The molecule has 1 saturated heterocycles. The summed E-state index contributed by atoms with van der Waals surface area (Å²) < 4.78 is 9.97. The highest BCUT2D eigenvalue weighted by molar-refractivity contribution is 8.18. The van der Waals surface area contributed by atoms with Crippen LogP contribution in [0.4, 0.5) is 16.4 Å². The predicted octanol–water partition coefficient (Wildman–Crippen LogP) is 2.87. The summed E-state index contributed by atoms with van der Waals surface area (Å²) in [5.41, 5.74) is 0.483. The third kappa shape index (κ3) is 4.20. The van der Waals surface area contributed by atoms with Crippen molar-refractivity contribution >= 4 is 46.5 Å². The lowest BCUT2D eigenvalue weighted by atomic mass is 10.3. The molecule has 3 amide bonds. The Labute approximate surface area is 162 Å². The summed E-state index contributed by atoms with van der Waals surface area (Å²) >= 11 is 0.620. The molecule has 1 fully saturated rings. The van der Waals surface area contributed by atoms with Crippen LogP contribution < -0.4 is 10.1 Å². The summed E-state index contributed by atoms with van der Waals surface area (Å²) in [6.07, 6.45) is 1.22. The van der Waals surface area contributed by atoms with Gasteiger partial charge in [0.2, 0.25) is 5.91 Å². The highest BCUT2D eigenvalue weighted by atomic mass is 32.2. The molecule has 1 N–H and O–H groups in total. The number of nitrogens with zero attached hydrogens (tertiary/aromatic N) is 2. The second-order valence-corrected chi connectivity index (χ2v) is 6.47. The lowest BCUT2D eigenvalue weighted by molar-refractivity contribution is -0.402. The van der Waals surface area contributed by atoms with E-state index in [-0.39, 0.29) is 10.7 Å². The molecular weight excluding hydrogens is 390 g/mol. The number of nitrogens with one attached hydrogen (secondary N) is 1. The molecule has 1 aliphatic heterocycles. The number of carbonyl (C=O) groups excluding carboxylic acids is 3. The molecule has 3 rings (SSSR count). The molecule has 28 heavy (non-hydrogen) atoms. The summed E-state index contributed by atoms with van der Waals surface area (Å²) in [7, 11) is 1.52. The SMILES string of the molecule is COc1ccc(NC(=O)CN2C(=O)S/C(=C/c3ccc([N+](=O)[O-])o3)C2=O)cc1. The number of benzene rings is 1. The van der Waals surface area contributed by atoms with Gasteiger partial charge in [-0.1, -0.05) is 0 Å². The number of nitro groups is 1. The van der Waals surface area contributed by atoms with E-state index in [1.54, 1.807) is 24.3 Å². The van der Waals surface area contributed by atoms with Crippen LogP contribution in [0.15, 0.2) is 45.7 Å². The van der Waals surface area contributed by atoms with Gasteiger partial charge in [0.25, 0.3) is 11.1 Å².